The van der Waals surface area contributed by atoms with Crippen LogP contribution in [-0.2, 0) is 28.6 Å². The number of hydrogen-bond acceptors (Lipinski definition) is 6. The Hall–Kier alpha value is -2.37. The van der Waals surface area contributed by atoms with E-state index in [-0.39, 0.29) is 31.1 Å². The van der Waals surface area contributed by atoms with E-state index in [9.17, 15) is 14.4 Å². The fourth-order valence-corrected chi connectivity index (χ4v) is 8.40. The Morgan fingerprint density at radius 1 is 0.323 bits per heavy atom. The third kappa shape index (κ3) is 52.5. The van der Waals surface area contributed by atoms with Gasteiger partial charge in [0.15, 0.2) is 6.10 Å². The molecule has 0 saturated carbocycles. The van der Waals surface area contributed by atoms with Gasteiger partial charge in [-0.2, -0.15) is 0 Å². The van der Waals surface area contributed by atoms with Crippen LogP contribution < -0.4 is 0 Å². The summed E-state index contributed by atoms with van der Waals surface area (Å²) < 4.78 is 16.8. The van der Waals surface area contributed by atoms with Crippen molar-refractivity contribution in [3.8, 4) is 0 Å². The van der Waals surface area contributed by atoms with E-state index in [0.717, 1.165) is 96.3 Å². The zero-order valence-electron chi connectivity index (χ0n) is 43.5. The number of ether oxygens (including phenoxy) is 3. The van der Waals surface area contributed by atoms with Crippen molar-refractivity contribution in [2.75, 3.05) is 13.2 Å². The van der Waals surface area contributed by atoms with Gasteiger partial charge in [-0.1, -0.05) is 269 Å². The highest BCUT2D eigenvalue weighted by atomic mass is 16.6. The lowest BCUT2D eigenvalue weighted by Gasteiger charge is -2.18. The predicted octanol–water partition coefficient (Wildman–Crippen LogP) is 18.9. The first kappa shape index (κ1) is 62.6. The van der Waals surface area contributed by atoms with Crippen LogP contribution in [0, 0.1) is 0 Å². The predicted molar refractivity (Wildman–Crippen MR) is 279 cm³/mol. The van der Waals surface area contributed by atoms with Crippen LogP contribution in [0.1, 0.15) is 303 Å². The van der Waals surface area contributed by atoms with Crippen LogP contribution >= 0.6 is 0 Å². The fourth-order valence-electron chi connectivity index (χ4n) is 8.40. The van der Waals surface area contributed by atoms with Crippen LogP contribution in [0.3, 0.4) is 0 Å². The van der Waals surface area contributed by atoms with Gasteiger partial charge in [-0.25, -0.2) is 0 Å². The Balaban J connectivity index is 4.27. The van der Waals surface area contributed by atoms with Gasteiger partial charge in [-0.05, 0) is 51.4 Å². The minimum Gasteiger partial charge on any atom is -0.462 e. The lowest BCUT2D eigenvalue weighted by molar-refractivity contribution is -0.167. The first-order chi connectivity index (χ1) is 32.0. The molecule has 65 heavy (non-hydrogen) atoms. The monoisotopic (exact) mass is 913 g/mol. The lowest BCUT2D eigenvalue weighted by atomic mass is 10.0. The van der Waals surface area contributed by atoms with E-state index in [4.69, 9.17) is 14.2 Å². The van der Waals surface area contributed by atoms with E-state index in [1.807, 2.05) is 0 Å². The summed E-state index contributed by atoms with van der Waals surface area (Å²) in [6.07, 6.45) is 64.3. The maximum Gasteiger partial charge on any atom is 0.306 e. The molecule has 0 heterocycles. The number of esters is 3. The molecule has 0 aromatic rings. The third-order valence-electron chi connectivity index (χ3n) is 12.7. The van der Waals surface area contributed by atoms with Crippen molar-refractivity contribution in [3.63, 3.8) is 0 Å². The second kappa shape index (κ2) is 54.2. The second-order valence-electron chi connectivity index (χ2n) is 19.2. The molecule has 0 saturated heterocycles. The molecule has 0 spiro atoms. The summed E-state index contributed by atoms with van der Waals surface area (Å²) in [4.78, 5) is 38.1. The summed E-state index contributed by atoms with van der Waals surface area (Å²) in [6, 6.07) is 0. The number of carbonyl (C=O) groups is 3. The second-order valence-corrected chi connectivity index (χ2v) is 19.2. The summed E-state index contributed by atoms with van der Waals surface area (Å²) in [5.41, 5.74) is 0. The molecule has 0 radical (unpaired) electrons. The third-order valence-corrected chi connectivity index (χ3v) is 12.7. The Bertz CT molecular complexity index is 1090. The number of carbonyl (C=O) groups excluding carboxylic acids is 3. The molecule has 6 heteroatoms. The smallest absolute Gasteiger partial charge is 0.306 e. The number of allylic oxidation sites excluding steroid dienone is 6. The highest BCUT2D eigenvalue weighted by Gasteiger charge is 2.19. The first-order valence-corrected chi connectivity index (χ1v) is 28.5. The van der Waals surface area contributed by atoms with Gasteiger partial charge in [0.2, 0.25) is 0 Å². The molecule has 6 nitrogen and oxygen atoms in total. The molecular formula is C59H108O6. The zero-order chi connectivity index (χ0) is 47.2. The molecule has 0 aromatic carbocycles. The van der Waals surface area contributed by atoms with Gasteiger partial charge in [-0.15, -0.1) is 0 Å². The van der Waals surface area contributed by atoms with Gasteiger partial charge < -0.3 is 14.2 Å². The van der Waals surface area contributed by atoms with Crippen LogP contribution in [0.15, 0.2) is 36.5 Å². The molecule has 380 valence electrons. The van der Waals surface area contributed by atoms with Crippen LogP contribution in [0.5, 0.6) is 0 Å². The molecule has 0 aliphatic carbocycles. The van der Waals surface area contributed by atoms with Gasteiger partial charge in [0.1, 0.15) is 13.2 Å². The van der Waals surface area contributed by atoms with Crippen molar-refractivity contribution >= 4 is 17.9 Å². The van der Waals surface area contributed by atoms with E-state index in [0.29, 0.717) is 19.3 Å². The van der Waals surface area contributed by atoms with Crippen LogP contribution in [0.4, 0.5) is 0 Å². The Kier molecular flexibility index (Phi) is 52.3. The van der Waals surface area contributed by atoms with E-state index < -0.39 is 6.10 Å². The Labute approximate surface area is 404 Å². The number of hydrogen-bond donors (Lipinski definition) is 0. The lowest BCUT2D eigenvalue weighted by Crippen LogP contribution is -2.30. The van der Waals surface area contributed by atoms with Crippen molar-refractivity contribution in [2.45, 2.75) is 309 Å². The van der Waals surface area contributed by atoms with E-state index in [1.165, 1.54) is 167 Å². The van der Waals surface area contributed by atoms with Gasteiger partial charge in [0, 0.05) is 19.3 Å². The number of unbranched alkanes of at least 4 members (excludes halogenated alkanes) is 35. The summed E-state index contributed by atoms with van der Waals surface area (Å²) in [5, 5.41) is 0. The number of rotatable bonds is 52. The molecule has 0 rings (SSSR count). The minimum absolute atomic E-state index is 0.0746. The molecule has 0 aromatic heterocycles. The van der Waals surface area contributed by atoms with E-state index >= 15 is 0 Å². The summed E-state index contributed by atoms with van der Waals surface area (Å²) in [6.45, 7) is 6.55. The van der Waals surface area contributed by atoms with Crippen molar-refractivity contribution in [1.29, 1.82) is 0 Å². The molecular weight excluding hydrogens is 805 g/mol. The van der Waals surface area contributed by atoms with Crippen LogP contribution in [-0.4, -0.2) is 37.2 Å². The Morgan fingerprint density at radius 3 is 0.938 bits per heavy atom. The molecule has 0 bridgehead atoms. The van der Waals surface area contributed by atoms with Gasteiger partial charge in [0.05, 0.1) is 0 Å². The molecule has 1 unspecified atom stereocenters. The van der Waals surface area contributed by atoms with E-state index in [1.54, 1.807) is 0 Å². The van der Waals surface area contributed by atoms with Crippen molar-refractivity contribution in [1.82, 2.24) is 0 Å². The van der Waals surface area contributed by atoms with Gasteiger partial charge in [-0.3, -0.25) is 14.4 Å². The average Bonchev–Trinajstić information content (AvgIpc) is 3.30. The Morgan fingerprint density at radius 2 is 0.600 bits per heavy atom. The van der Waals surface area contributed by atoms with Crippen molar-refractivity contribution in [2.24, 2.45) is 0 Å². The quantitative estimate of drug-likeness (QED) is 0.0262. The minimum atomic E-state index is -0.776. The first-order valence-electron chi connectivity index (χ1n) is 28.5. The fraction of sp³-hybridized carbons (Fsp3) is 0.847. The van der Waals surface area contributed by atoms with Crippen LogP contribution in [0.25, 0.3) is 0 Å². The zero-order valence-corrected chi connectivity index (χ0v) is 43.5. The normalized spacial score (nSPS) is 12.2. The highest BCUT2D eigenvalue weighted by Crippen LogP contribution is 2.17. The standard InChI is InChI=1S/C59H108O6/c1-4-7-10-13-16-19-22-24-26-27-28-29-30-31-33-34-37-40-43-46-49-52-58(61)64-55-56(54-63-57(60)51-48-45-42-39-36-21-18-15-12-9-6-3)65-59(62)53-50-47-44-41-38-35-32-25-23-20-17-14-11-8-5-2/h8,11,17,20,25,32,56H,4-7,9-10,12-16,18-19,21-24,26-31,33-55H2,1-3H3/b11-8-,20-17-,32-25-. The topological polar surface area (TPSA) is 78.9 Å². The highest BCUT2D eigenvalue weighted by molar-refractivity contribution is 5.71. The molecule has 0 N–H and O–H groups in total. The maximum atomic E-state index is 12.8. The van der Waals surface area contributed by atoms with Gasteiger partial charge >= 0.3 is 17.9 Å². The summed E-state index contributed by atoms with van der Waals surface area (Å²) >= 11 is 0. The SMILES string of the molecule is CC/C=C\C/C=C\C/C=C\CCCCCCCC(=O)OC(COC(=O)CCCCCCCCCCCCC)COC(=O)CCCCCCCCCCCCCCCCCCCCCCC. The molecule has 0 fully saturated rings. The molecule has 0 aliphatic rings. The molecule has 0 amide bonds. The van der Waals surface area contributed by atoms with E-state index in [2.05, 4.69) is 57.2 Å². The van der Waals surface area contributed by atoms with Crippen molar-refractivity contribution < 1.29 is 28.6 Å². The largest absolute Gasteiger partial charge is 0.462 e. The van der Waals surface area contributed by atoms with Crippen LogP contribution in [0.2, 0.25) is 0 Å². The summed E-state index contributed by atoms with van der Waals surface area (Å²) in [7, 11) is 0. The van der Waals surface area contributed by atoms with Crippen molar-refractivity contribution in [3.05, 3.63) is 36.5 Å². The molecule has 0 aliphatic heterocycles. The molecule has 1 atom stereocenters. The maximum absolute atomic E-state index is 12.8. The van der Waals surface area contributed by atoms with Gasteiger partial charge in [0.25, 0.3) is 0 Å². The average molecular weight is 914 g/mol. The summed E-state index contributed by atoms with van der Waals surface area (Å²) in [5.74, 6) is -0.876.